The molecule has 1 aliphatic rings. The van der Waals surface area contributed by atoms with E-state index in [4.69, 9.17) is 0 Å². The van der Waals surface area contributed by atoms with Gasteiger partial charge in [-0.15, -0.1) is 0 Å². The Morgan fingerprint density at radius 2 is 2.16 bits per heavy atom. The minimum Gasteiger partial charge on any atom is -0.314 e. The summed E-state index contributed by atoms with van der Waals surface area (Å²) in [4.78, 5) is 6.75. The van der Waals surface area contributed by atoms with E-state index in [1.807, 2.05) is 18.5 Å². The lowest BCUT2D eigenvalue weighted by atomic mass is 10.0. The normalized spacial score (nSPS) is 18.1. The van der Waals surface area contributed by atoms with Gasteiger partial charge in [-0.3, -0.25) is 4.98 Å². The van der Waals surface area contributed by atoms with Crippen molar-refractivity contribution < 1.29 is 0 Å². The molecule has 3 heteroatoms. The molecule has 1 saturated heterocycles. The molecule has 1 aromatic heterocycles. The second-order valence-electron chi connectivity index (χ2n) is 6.03. The minimum atomic E-state index is 0.708. The maximum absolute atomic E-state index is 4.15. The van der Waals surface area contributed by atoms with Crippen molar-refractivity contribution in [1.29, 1.82) is 0 Å². The van der Waals surface area contributed by atoms with Gasteiger partial charge in [-0.25, -0.2) is 0 Å². The van der Waals surface area contributed by atoms with Gasteiger partial charge in [0.05, 0.1) is 0 Å². The quantitative estimate of drug-likeness (QED) is 0.852. The molecule has 0 unspecified atom stereocenters. The molecule has 0 saturated carbocycles. The van der Waals surface area contributed by atoms with Gasteiger partial charge in [0.1, 0.15) is 0 Å². The minimum absolute atomic E-state index is 0.708. The van der Waals surface area contributed by atoms with E-state index in [0.717, 1.165) is 18.9 Å². The molecule has 0 aromatic carbocycles. The van der Waals surface area contributed by atoms with Crippen LogP contribution in [0.4, 0.5) is 0 Å². The predicted molar refractivity (Wildman–Crippen MR) is 80.2 cm³/mol. The number of hydrogen-bond acceptors (Lipinski definition) is 3. The lowest BCUT2D eigenvalue weighted by Gasteiger charge is -2.33. The topological polar surface area (TPSA) is 28.2 Å². The van der Waals surface area contributed by atoms with E-state index in [-0.39, 0.29) is 0 Å². The molecular weight excluding hydrogens is 234 g/mol. The molecule has 0 bridgehead atoms. The van der Waals surface area contributed by atoms with Crippen molar-refractivity contribution in [3.63, 3.8) is 0 Å². The molecule has 2 rings (SSSR count). The molecule has 0 radical (unpaired) electrons. The fourth-order valence-corrected chi connectivity index (χ4v) is 2.80. The largest absolute Gasteiger partial charge is 0.314 e. The molecule has 19 heavy (non-hydrogen) atoms. The van der Waals surface area contributed by atoms with Crippen molar-refractivity contribution >= 4 is 0 Å². The van der Waals surface area contributed by atoms with Crippen molar-refractivity contribution in [1.82, 2.24) is 15.2 Å². The summed E-state index contributed by atoms with van der Waals surface area (Å²) in [6.45, 7) is 9.44. The molecule has 1 N–H and O–H groups in total. The number of piperidine rings is 1. The zero-order valence-electron chi connectivity index (χ0n) is 12.3. The second-order valence-corrected chi connectivity index (χ2v) is 6.03. The molecule has 2 heterocycles. The highest BCUT2D eigenvalue weighted by Gasteiger charge is 2.18. The smallest absolute Gasteiger partial charge is 0.0300 e. The van der Waals surface area contributed by atoms with Crippen molar-refractivity contribution in [2.24, 2.45) is 5.92 Å². The van der Waals surface area contributed by atoms with Gasteiger partial charge in [-0.2, -0.15) is 0 Å². The van der Waals surface area contributed by atoms with E-state index in [9.17, 15) is 0 Å². The third-order valence-corrected chi connectivity index (χ3v) is 3.78. The van der Waals surface area contributed by atoms with Gasteiger partial charge in [0.25, 0.3) is 0 Å². The van der Waals surface area contributed by atoms with Crippen LogP contribution in [0.3, 0.4) is 0 Å². The van der Waals surface area contributed by atoms with E-state index in [1.54, 1.807) is 0 Å². The highest BCUT2D eigenvalue weighted by Crippen LogP contribution is 2.12. The molecular formula is C16H27N3. The lowest BCUT2D eigenvalue weighted by molar-refractivity contribution is 0.180. The highest BCUT2D eigenvalue weighted by atomic mass is 15.1. The molecule has 1 fully saturated rings. The number of hydrogen-bond donors (Lipinski definition) is 1. The number of pyridine rings is 1. The number of aromatic nitrogens is 1. The van der Waals surface area contributed by atoms with Crippen molar-refractivity contribution in [3.05, 3.63) is 30.1 Å². The van der Waals surface area contributed by atoms with Crippen molar-refractivity contribution in [3.8, 4) is 0 Å². The first-order valence-corrected chi connectivity index (χ1v) is 7.58. The van der Waals surface area contributed by atoms with Crippen LogP contribution in [0.2, 0.25) is 0 Å². The third-order valence-electron chi connectivity index (χ3n) is 3.78. The predicted octanol–water partition coefficient (Wildman–Crippen LogP) is 2.33. The summed E-state index contributed by atoms with van der Waals surface area (Å²) < 4.78 is 0. The van der Waals surface area contributed by atoms with Crippen LogP contribution in [0.25, 0.3) is 0 Å². The number of nitrogens with one attached hydrogen (secondary N) is 1. The standard InChI is InChI=1S/C16H27N3/c1-14(2)13-19-10-6-16(7-11-19)18-9-5-15-4-3-8-17-12-15/h3-4,8,12,14,16,18H,5-7,9-11,13H2,1-2H3. The van der Waals surface area contributed by atoms with Crippen LogP contribution in [0.15, 0.2) is 24.5 Å². The monoisotopic (exact) mass is 261 g/mol. The molecule has 106 valence electrons. The van der Waals surface area contributed by atoms with E-state index < -0.39 is 0 Å². The summed E-state index contributed by atoms with van der Waals surface area (Å²) in [5, 5.41) is 3.69. The Hall–Kier alpha value is -0.930. The third kappa shape index (κ3) is 5.29. The SMILES string of the molecule is CC(C)CN1CCC(NCCc2cccnc2)CC1. The summed E-state index contributed by atoms with van der Waals surface area (Å²) in [5.41, 5.74) is 1.33. The van der Waals surface area contributed by atoms with Crippen LogP contribution < -0.4 is 5.32 Å². The fourth-order valence-electron chi connectivity index (χ4n) is 2.80. The van der Waals surface area contributed by atoms with Crippen molar-refractivity contribution in [2.75, 3.05) is 26.2 Å². The number of likely N-dealkylation sites (tertiary alicyclic amines) is 1. The lowest BCUT2D eigenvalue weighted by Crippen LogP contribution is -2.44. The molecule has 1 aromatic rings. The summed E-state index contributed by atoms with van der Waals surface area (Å²) in [5.74, 6) is 0.787. The summed E-state index contributed by atoms with van der Waals surface area (Å²) >= 11 is 0. The van der Waals surface area contributed by atoms with Gasteiger partial charge in [-0.05, 0) is 56.4 Å². The maximum Gasteiger partial charge on any atom is 0.0300 e. The summed E-state index contributed by atoms with van der Waals surface area (Å²) in [7, 11) is 0. The van der Waals surface area contributed by atoms with E-state index in [2.05, 4.69) is 35.1 Å². The van der Waals surface area contributed by atoms with Crippen LogP contribution in [-0.4, -0.2) is 42.1 Å². The molecule has 3 nitrogen and oxygen atoms in total. The van der Waals surface area contributed by atoms with Crippen LogP contribution in [0, 0.1) is 5.92 Å². The Kier molecular flexibility index (Phi) is 5.80. The summed E-state index contributed by atoms with van der Waals surface area (Å²) in [6, 6.07) is 4.87. The van der Waals surface area contributed by atoms with Crippen LogP contribution in [-0.2, 0) is 6.42 Å². The zero-order valence-corrected chi connectivity index (χ0v) is 12.3. The highest BCUT2D eigenvalue weighted by molar-refractivity contribution is 5.08. The molecule has 0 aliphatic carbocycles. The Morgan fingerprint density at radius 1 is 1.37 bits per heavy atom. The second kappa shape index (κ2) is 7.61. The Balaban J connectivity index is 1.61. The molecule has 1 aliphatic heterocycles. The van der Waals surface area contributed by atoms with E-state index >= 15 is 0 Å². The first-order chi connectivity index (χ1) is 9.24. The van der Waals surface area contributed by atoms with Gasteiger partial charge < -0.3 is 10.2 Å². The van der Waals surface area contributed by atoms with Gasteiger partial charge >= 0.3 is 0 Å². The first kappa shape index (κ1) is 14.5. The molecule has 0 amide bonds. The average Bonchev–Trinajstić information content (AvgIpc) is 2.41. The van der Waals surface area contributed by atoms with Crippen LogP contribution in [0.5, 0.6) is 0 Å². The van der Waals surface area contributed by atoms with Gasteiger partial charge in [0.15, 0.2) is 0 Å². The Bertz CT molecular complexity index is 342. The Morgan fingerprint density at radius 3 is 2.79 bits per heavy atom. The van der Waals surface area contributed by atoms with Gasteiger partial charge in [-0.1, -0.05) is 19.9 Å². The number of nitrogens with zero attached hydrogens (tertiary/aromatic N) is 2. The Labute approximate surface area is 117 Å². The average molecular weight is 261 g/mol. The van der Waals surface area contributed by atoms with Gasteiger partial charge in [0, 0.05) is 25.0 Å². The maximum atomic E-state index is 4.15. The van der Waals surface area contributed by atoms with Crippen LogP contribution in [0.1, 0.15) is 32.3 Å². The fraction of sp³-hybridized carbons (Fsp3) is 0.688. The van der Waals surface area contributed by atoms with E-state index in [1.165, 1.54) is 38.0 Å². The molecule has 0 atom stereocenters. The zero-order chi connectivity index (χ0) is 13.5. The first-order valence-electron chi connectivity index (χ1n) is 7.58. The van der Waals surface area contributed by atoms with Crippen molar-refractivity contribution in [2.45, 2.75) is 39.2 Å². The molecule has 0 spiro atoms. The number of rotatable bonds is 6. The van der Waals surface area contributed by atoms with Gasteiger partial charge in [0.2, 0.25) is 0 Å². The summed E-state index contributed by atoms with van der Waals surface area (Å²) in [6.07, 6.45) is 7.47. The van der Waals surface area contributed by atoms with E-state index in [0.29, 0.717) is 6.04 Å². The van der Waals surface area contributed by atoms with Crippen LogP contribution >= 0.6 is 0 Å².